The number of carbonyl (C=O) groups is 1. The Kier molecular flexibility index (Phi) is 3.83. The number of imidazole rings is 1. The molecule has 2 fully saturated rings. The standard InChI is InChI=1S/C21H26N4O/c1-20(2,15-6-7-15)12-18(26)24-19-23-16-8-5-14(13-22)11-17(16)25(19)21(3)9-4-10-21/h5,8,11,15H,4,6-7,9-10,12H2,1-3H3,(H,23,24,26). The molecule has 0 saturated heterocycles. The number of hydrogen-bond donors (Lipinski definition) is 1. The molecule has 2 aliphatic rings. The van der Waals surface area contributed by atoms with Gasteiger partial charge in [-0.2, -0.15) is 5.26 Å². The van der Waals surface area contributed by atoms with Gasteiger partial charge in [0.15, 0.2) is 0 Å². The zero-order valence-corrected chi connectivity index (χ0v) is 15.8. The van der Waals surface area contributed by atoms with Crippen LogP contribution in [0.1, 0.15) is 64.9 Å². The molecule has 1 aromatic heterocycles. The number of rotatable bonds is 5. The van der Waals surface area contributed by atoms with Crippen molar-refractivity contribution >= 4 is 22.9 Å². The van der Waals surface area contributed by atoms with Gasteiger partial charge in [-0.3, -0.25) is 10.1 Å². The molecule has 1 N–H and O–H groups in total. The Morgan fingerprint density at radius 3 is 2.73 bits per heavy atom. The first kappa shape index (κ1) is 17.1. The Hall–Kier alpha value is -2.35. The quantitative estimate of drug-likeness (QED) is 0.858. The third kappa shape index (κ3) is 2.88. The van der Waals surface area contributed by atoms with Crippen LogP contribution in [0.4, 0.5) is 5.95 Å². The SMILES string of the molecule is CC(C)(CC(=O)Nc1nc2ccc(C#N)cc2n1C1(C)CCC1)C1CC1. The van der Waals surface area contributed by atoms with Gasteiger partial charge in [0.1, 0.15) is 0 Å². The first-order valence-corrected chi connectivity index (χ1v) is 9.55. The molecule has 2 saturated carbocycles. The first-order valence-electron chi connectivity index (χ1n) is 9.55. The lowest BCUT2D eigenvalue weighted by Gasteiger charge is -2.41. The van der Waals surface area contributed by atoms with E-state index in [1.807, 2.05) is 12.1 Å². The lowest BCUT2D eigenvalue weighted by atomic mass is 9.78. The van der Waals surface area contributed by atoms with Crippen LogP contribution in [0.3, 0.4) is 0 Å². The molecule has 26 heavy (non-hydrogen) atoms. The van der Waals surface area contributed by atoms with E-state index in [1.165, 1.54) is 19.3 Å². The predicted octanol–water partition coefficient (Wildman–Crippen LogP) is 4.57. The number of anilines is 1. The minimum Gasteiger partial charge on any atom is -0.304 e. The maximum atomic E-state index is 12.7. The van der Waals surface area contributed by atoms with Crippen molar-refractivity contribution in [2.24, 2.45) is 11.3 Å². The van der Waals surface area contributed by atoms with Gasteiger partial charge < -0.3 is 4.57 Å². The van der Waals surface area contributed by atoms with Gasteiger partial charge in [-0.15, -0.1) is 0 Å². The van der Waals surface area contributed by atoms with E-state index in [0.29, 0.717) is 23.9 Å². The lowest BCUT2D eigenvalue weighted by Crippen LogP contribution is -2.38. The van der Waals surface area contributed by atoms with Crippen LogP contribution < -0.4 is 5.32 Å². The molecule has 0 atom stereocenters. The average molecular weight is 350 g/mol. The van der Waals surface area contributed by atoms with Crippen molar-refractivity contribution in [3.05, 3.63) is 23.8 Å². The molecule has 0 spiro atoms. The van der Waals surface area contributed by atoms with Crippen molar-refractivity contribution < 1.29 is 4.79 Å². The molecule has 1 amide bonds. The van der Waals surface area contributed by atoms with Crippen molar-refractivity contribution in [1.82, 2.24) is 9.55 Å². The van der Waals surface area contributed by atoms with E-state index in [2.05, 4.69) is 41.7 Å². The Labute approximate surface area is 154 Å². The summed E-state index contributed by atoms with van der Waals surface area (Å²) in [5, 5.41) is 12.3. The minimum atomic E-state index is -0.0442. The summed E-state index contributed by atoms with van der Waals surface area (Å²) in [5.41, 5.74) is 2.37. The molecule has 0 aliphatic heterocycles. The van der Waals surface area contributed by atoms with Crippen LogP contribution in [0, 0.1) is 22.7 Å². The number of fused-ring (bicyclic) bond motifs is 1. The fourth-order valence-electron chi connectivity index (χ4n) is 4.28. The zero-order valence-electron chi connectivity index (χ0n) is 15.8. The second-order valence-corrected chi connectivity index (χ2v) is 8.92. The molecule has 5 nitrogen and oxygen atoms in total. The van der Waals surface area contributed by atoms with Gasteiger partial charge in [0.2, 0.25) is 11.9 Å². The summed E-state index contributed by atoms with van der Waals surface area (Å²) in [7, 11) is 0. The van der Waals surface area contributed by atoms with Crippen LogP contribution in [-0.4, -0.2) is 15.5 Å². The average Bonchev–Trinajstić information content (AvgIpc) is 3.35. The maximum absolute atomic E-state index is 12.7. The normalized spacial score (nSPS) is 19.0. The number of amides is 1. The van der Waals surface area contributed by atoms with Gasteiger partial charge in [0.25, 0.3) is 0 Å². The van der Waals surface area contributed by atoms with E-state index in [9.17, 15) is 10.1 Å². The molecule has 2 aliphatic carbocycles. The monoisotopic (exact) mass is 350 g/mol. The maximum Gasteiger partial charge on any atom is 0.227 e. The van der Waals surface area contributed by atoms with Crippen LogP contribution in [0.5, 0.6) is 0 Å². The smallest absolute Gasteiger partial charge is 0.227 e. The Balaban J connectivity index is 1.69. The van der Waals surface area contributed by atoms with Crippen LogP contribution >= 0.6 is 0 Å². The van der Waals surface area contributed by atoms with Crippen LogP contribution in [0.25, 0.3) is 11.0 Å². The summed E-state index contributed by atoms with van der Waals surface area (Å²) in [6.07, 6.45) is 6.27. The second kappa shape index (κ2) is 5.84. The Bertz CT molecular complexity index is 910. The number of benzene rings is 1. The Morgan fingerprint density at radius 2 is 2.15 bits per heavy atom. The predicted molar refractivity (Wildman–Crippen MR) is 102 cm³/mol. The van der Waals surface area contributed by atoms with E-state index >= 15 is 0 Å². The summed E-state index contributed by atoms with van der Waals surface area (Å²) in [5.74, 6) is 1.31. The molecule has 1 heterocycles. The summed E-state index contributed by atoms with van der Waals surface area (Å²) in [4.78, 5) is 17.4. The number of hydrogen-bond acceptors (Lipinski definition) is 3. The summed E-state index contributed by atoms with van der Waals surface area (Å²) >= 11 is 0. The number of nitrogens with one attached hydrogen (secondary N) is 1. The lowest BCUT2D eigenvalue weighted by molar-refractivity contribution is -0.118. The molecule has 0 unspecified atom stereocenters. The number of nitriles is 1. The summed E-state index contributed by atoms with van der Waals surface area (Å²) < 4.78 is 2.15. The van der Waals surface area contributed by atoms with Gasteiger partial charge in [0.05, 0.1) is 22.7 Å². The van der Waals surface area contributed by atoms with Crippen molar-refractivity contribution in [1.29, 1.82) is 5.26 Å². The molecule has 4 rings (SSSR count). The van der Waals surface area contributed by atoms with Crippen LogP contribution in [0.15, 0.2) is 18.2 Å². The van der Waals surface area contributed by atoms with Gasteiger partial charge in [-0.05, 0) is 68.6 Å². The highest BCUT2D eigenvalue weighted by Crippen LogP contribution is 2.47. The topological polar surface area (TPSA) is 70.7 Å². The molecule has 0 radical (unpaired) electrons. The number of carbonyl (C=O) groups excluding carboxylic acids is 1. The molecule has 2 aromatic rings. The number of aromatic nitrogens is 2. The molecule has 136 valence electrons. The van der Waals surface area contributed by atoms with Crippen LogP contribution in [0.2, 0.25) is 0 Å². The van der Waals surface area contributed by atoms with Gasteiger partial charge in [0, 0.05) is 12.0 Å². The highest BCUT2D eigenvalue weighted by molar-refractivity contribution is 5.92. The summed E-state index contributed by atoms with van der Waals surface area (Å²) in [6, 6.07) is 7.74. The third-order valence-electron chi connectivity index (χ3n) is 6.30. The van der Waals surface area contributed by atoms with Crippen molar-refractivity contribution in [3.8, 4) is 6.07 Å². The molecular weight excluding hydrogens is 324 g/mol. The molecule has 0 bridgehead atoms. The first-order chi connectivity index (χ1) is 12.3. The van der Waals surface area contributed by atoms with E-state index in [-0.39, 0.29) is 16.9 Å². The third-order valence-corrected chi connectivity index (χ3v) is 6.30. The molecular formula is C21H26N4O. The minimum absolute atomic E-state index is 0.0295. The van der Waals surface area contributed by atoms with Crippen molar-refractivity contribution in [2.75, 3.05) is 5.32 Å². The van der Waals surface area contributed by atoms with Gasteiger partial charge >= 0.3 is 0 Å². The van der Waals surface area contributed by atoms with E-state index in [1.54, 1.807) is 6.07 Å². The van der Waals surface area contributed by atoms with Gasteiger partial charge in [-0.25, -0.2) is 4.98 Å². The largest absolute Gasteiger partial charge is 0.304 e. The molecule has 5 heteroatoms. The fourth-order valence-corrected chi connectivity index (χ4v) is 4.28. The van der Waals surface area contributed by atoms with E-state index in [0.717, 1.165) is 23.9 Å². The summed E-state index contributed by atoms with van der Waals surface area (Å²) in [6.45, 7) is 6.57. The van der Waals surface area contributed by atoms with Crippen LogP contribution in [-0.2, 0) is 10.3 Å². The van der Waals surface area contributed by atoms with Crippen molar-refractivity contribution in [3.63, 3.8) is 0 Å². The van der Waals surface area contributed by atoms with Crippen molar-refractivity contribution in [2.45, 2.75) is 64.8 Å². The van der Waals surface area contributed by atoms with E-state index in [4.69, 9.17) is 0 Å². The van der Waals surface area contributed by atoms with E-state index < -0.39 is 0 Å². The second-order valence-electron chi connectivity index (χ2n) is 8.92. The highest BCUT2D eigenvalue weighted by Gasteiger charge is 2.40. The fraction of sp³-hybridized carbons (Fsp3) is 0.571. The Morgan fingerprint density at radius 1 is 1.42 bits per heavy atom. The number of nitrogens with zero attached hydrogens (tertiary/aromatic N) is 3. The highest BCUT2D eigenvalue weighted by atomic mass is 16.1. The van der Waals surface area contributed by atoms with Gasteiger partial charge in [-0.1, -0.05) is 13.8 Å². The zero-order chi connectivity index (χ0) is 18.5. The molecule has 1 aromatic carbocycles.